The fraction of sp³-hybridized carbons (Fsp3) is 0.500. The van der Waals surface area contributed by atoms with E-state index in [-0.39, 0.29) is 11.4 Å². The summed E-state index contributed by atoms with van der Waals surface area (Å²) in [5.74, 6) is 0.323. The summed E-state index contributed by atoms with van der Waals surface area (Å²) in [4.78, 5) is 16.7. The lowest BCUT2D eigenvalue weighted by Crippen LogP contribution is -2.55. The smallest absolute Gasteiger partial charge is 0.220 e. The van der Waals surface area contributed by atoms with Crippen LogP contribution in [0.25, 0.3) is 10.2 Å². The Morgan fingerprint density at radius 3 is 2.86 bits per heavy atom. The van der Waals surface area contributed by atoms with Gasteiger partial charge in [-0.1, -0.05) is 29.8 Å². The molecule has 1 unspecified atom stereocenters. The summed E-state index contributed by atoms with van der Waals surface area (Å²) < 4.78 is 2.16. The van der Waals surface area contributed by atoms with E-state index in [1.807, 2.05) is 25.1 Å². The Morgan fingerprint density at radius 1 is 1.50 bits per heavy atom. The van der Waals surface area contributed by atoms with Gasteiger partial charge in [-0.3, -0.25) is 4.79 Å². The molecule has 1 amide bonds. The molecule has 3 N–H and O–H groups in total. The highest BCUT2D eigenvalue weighted by Crippen LogP contribution is 2.26. The third-order valence-electron chi connectivity index (χ3n) is 4.08. The zero-order valence-electron chi connectivity index (χ0n) is 13.1. The summed E-state index contributed by atoms with van der Waals surface area (Å²) >= 11 is 5.09. The molecular formula is C16H22BrN3OS. The van der Waals surface area contributed by atoms with Crippen LogP contribution >= 0.6 is 27.3 Å². The second kappa shape index (κ2) is 7.06. The maximum atomic E-state index is 12.2. The Labute approximate surface area is 143 Å². The number of carbonyl (C=O) groups excluding carboxylic acids is 1. The lowest BCUT2D eigenvalue weighted by Gasteiger charge is -2.33. The van der Waals surface area contributed by atoms with E-state index >= 15 is 0 Å². The van der Waals surface area contributed by atoms with Crippen LogP contribution in [0.5, 0.6) is 0 Å². The minimum Gasteiger partial charge on any atom is -0.349 e. The predicted molar refractivity (Wildman–Crippen MR) is 96.1 cm³/mol. The highest BCUT2D eigenvalue weighted by Gasteiger charge is 2.28. The Morgan fingerprint density at radius 2 is 2.23 bits per heavy atom. The van der Waals surface area contributed by atoms with Crippen molar-refractivity contribution in [3.05, 3.63) is 27.7 Å². The number of hydrogen-bond acceptors (Lipinski definition) is 4. The molecule has 0 saturated carbocycles. The third-order valence-corrected chi connectivity index (χ3v) is 5.67. The highest BCUT2D eigenvalue weighted by atomic mass is 79.9. The molecule has 0 spiro atoms. The minimum atomic E-state index is -0.352. The average molecular weight is 384 g/mol. The molecule has 2 aromatic rings. The summed E-state index contributed by atoms with van der Waals surface area (Å²) in [6.07, 6.45) is 1.09. The number of aromatic nitrogens is 1. The minimum absolute atomic E-state index is 0.0297. The lowest BCUT2D eigenvalue weighted by atomic mass is 9.88. The predicted octanol–water partition coefficient (Wildman–Crippen LogP) is 3.48. The molecule has 0 aliphatic carbocycles. The fourth-order valence-electron chi connectivity index (χ4n) is 2.09. The van der Waals surface area contributed by atoms with E-state index in [1.165, 1.54) is 0 Å². The number of aryl methyl sites for hydroxylation is 1. The number of thiazole rings is 1. The number of amides is 1. The largest absolute Gasteiger partial charge is 0.349 e. The number of rotatable bonds is 6. The normalized spacial score (nSPS) is 14.3. The van der Waals surface area contributed by atoms with Crippen LogP contribution in [0.2, 0.25) is 0 Å². The van der Waals surface area contributed by atoms with Gasteiger partial charge in [-0.2, -0.15) is 0 Å². The van der Waals surface area contributed by atoms with Crippen LogP contribution < -0.4 is 11.1 Å². The maximum Gasteiger partial charge on any atom is 0.220 e. The summed E-state index contributed by atoms with van der Waals surface area (Å²) in [5, 5.41) is 4.05. The zero-order valence-corrected chi connectivity index (χ0v) is 15.6. The molecule has 120 valence electrons. The highest BCUT2D eigenvalue weighted by molar-refractivity contribution is 9.10. The van der Waals surface area contributed by atoms with Gasteiger partial charge in [0.2, 0.25) is 5.91 Å². The van der Waals surface area contributed by atoms with E-state index in [4.69, 9.17) is 5.73 Å². The van der Waals surface area contributed by atoms with Gasteiger partial charge < -0.3 is 11.1 Å². The van der Waals surface area contributed by atoms with Crippen LogP contribution in [0, 0.1) is 5.92 Å². The first-order chi connectivity index (χ1) is 10.3. The number of carbonyl (C=O) groups is 1. The number of nitrogens with zero attached hydrogens (tertiary/aromatic N) is 1. The van der Waals surface area contributed by atoms with Gasteiger partial charge in [0.25, 0.3) is 0 Å². The molecule has 0 radical (unpaired) electrons. The first-order valence-corrected chi connectivity index (χ1v) is 9.01. The molecule has 6 heteroatoms. The summed E-state index contributed by atoms with van der Waals surface area (Å²) in [6.45, 7) is 6.56. The third kappa shape index (κ3) is 4.06. The second-order valence-corrected chi connectivity index (χ2v) is 8.07. The van der Waals surface area contributed by atoms with Crippen LogP contribution in [-0.2, 0) is 11.2 Å². The number of nitrogens with two attached hydrogens (primary N) is 1. The molecule has 0 fully saturated rings. The summed E-state index contributed by atoms with van der Waals surface area (Å²) in [6, 6.07) is 6.05. The van der Waals surface area contributed by atoms with E-state index in [0.717, 1.165) is 19.7 Å². The maximum absolute atomic E-state index is 12.2. The molecule has 0 saturated heterocycles. The first kappa shape index (κ1) is 17.4. The fourth-order valence-corrected chi connectivity index (χ4v) is 3.38. The van der Waals surface area contributed by atoms with Crippen molar-refractivity contribution in [1.82, 2.24) is 10.3 Å². The van der Waals surface area contributed by atoms with E-state index in [1.54, 1.807) is 11.3 Å². The van der Waals surface area contributed by atoms with Crippen LogP contribution in [0.3, 0.4) is 0 Å². The second-order valence-electron chi connectivity index (χ2n) is 6.04. The van der Waals surface area contributed by atoms with Crippen molar-refractivity contribution >= 4 is 43.4 Å². The standard InChI is InChI=1S/C16H22BrN3OS/c1-10(2)16(3,9-18)20-14(21)6-7-15-19-12-8-11(17)4-5-13(12)22-15/h4-5,8,10H,6-7,9,18H2,1-3H3,(H,20,21). The average Bonchev–Trinajstić information content (AvgIpc) is 2.86. The van der Waals surface area contributed by atoms with Crippen molar-refractivity contribution in [2.45, 2.75) is 39.2 Å². The van der Waals surface area contributed by atoms with E-state index in [2.05, 4.69) is 40.1 Å². The molecule has 0 aliphatic heterocycles. The molecule has 0 bridgehead atoms. The molecule has 2 rings (SSSR count). The van der Waals surface area contributed by atoms with Crippen LogP contribution in [0.4, 0.5) is 0 Å². The Bertz CT molecular complexity index is 670. The van der Waals surface area contributed by atoms with Crippen LogP contribution in [0.1, 0.15) is 32.2 Å². The van der Waals surface area contributed by atoms with Gasteiger partial charge in [-0.25, -0.2) is 4.98 Å². The molecule has 0 aliphatic rings. The molecule has 1 aromatic carbocycles. The van der Waals surface area contributed by atoms with Gasteiger partial charge in [0.15, 0.2) is 0 Å². The van der Waals surface area contributed by atoms with Crippen molar-refractivity contribution in [2.75, 3.05) is 6.54 Å². The van der Waals surface area contributed by atoms with Gasteiger partial charge in [-0.05, 0) is 31.0 Å². The number of fused-ring (bicyclic) bond motifs is 1. The zero-order chi connectivity index (χ0) is 16.3. The molecule has 22 heavy (non-hydrogen) atoms. The Hall–Kier alpha value is -0.980. The quantitative estimate of drug-likeness (QED) is 0.801. The molecule has 4 nitrogen and oxygen atoms in total. The topological polar surface area (TPSA) is 68.0 Å². The Balaban J connectivity index is 1.98. The van der Waals surface area contributed by atoms with Crippen molar-refractivity contribution in [1.29, 1.82) is 0 Å². The van der Waals surface area contributed by atoms with Gasteiger partial charge in [-0.15, -0.1) is 11.3 Å². The van der Waals surface area contributed by atoms with Gasteiger partial charge in [0.05, 0.1) is 20.8 Å². The lowest BCUT2D eigenvalue weighted by molar-refractivity contribution is -0.123. The number of halogens is 1. The summed E-state index contributed by atoms with van der Waals surface area (Å²) in [7, 11) is 0. The Kier molecular flexibility index (Phi) is 5.58. The monoisotopic (exact) mass is 383 g/mol. The molecule has 1 aromatic heterocycles. The summed E-state index contributed by atoms with van der Waals surface area (Å²) in [5.41, 5.74) is 6.42. The van der Waals surface area contributed by atoms with E-state index in [9.17, 15) is 4.79 Å². The number of nitrogens with one attached hydrogen (secondary N) is 1. The van der Waals surface area contributed by atoms with Crippen molar-refractivity contribution < 1.29 is 4.79 Å². The van der Waals surface area contributed by atoms with Crippen LogP contribution in [0.15, 0.2) is 22.7 Å². The van der Waals surface area contributed by atoms with Gasteiger partial charge in [0, 0.05) is 23.9 Å². The van der Waals surface area contributed by atoms with Gasteiger partial charge >= 0.3 is 0 Å². The van der Waals surface area contributed by atoms with E-state index in [0.29, 0.717) is 25.3 Å². The van der Waals surface area contributed by atoms with E-state index < -0.39 is 0 Å². The molecule has 1 atom stereocenters. The number of hydrogen-bond donors (Lipinski definition) is 2. The van der Waals surface area contributed by atoms with Crippen LogP contribution in [-0.4, -0.2) is 23.0 Å². The molecule has 1 heterocycles. The van der Waals surface area contributed by atoms with Crippen molar-refractivity contribution in [3.63, 3.8) is 0 Å². The van der Waals surface area contributed by atoms with Crippen molar-refractivity contribution in [3.8, 4) is 0 Å². The molecular weight excluding hydrogens is 362 g/mol. The van der Waals surface area contributed by atoms with Gasteiger partial charge in [0.1, 0.15) is 0 Å². The number of benzene rings is 1. The SMILES string of the molecule is CC(C)C(C)(CN)NC(=O)CCc1nc2cc(Br)ccc2s1. The first-order valence-electron chi connectivity index (χ1n) is 7.40. The van der Waals surface area contributed by atoms with Crippen molar-refractivity contribution in [2.24, 2.45) is 11.7 Å².